The van der Waals surface area contributed by atoms with Crippen LogP contribution in [0, 0.1) is 0 Å². The number of esters is 1. The van der Waals surface area contributed by atoms with Crippen LogP contribution in [0.25, 0.3) is 0 Å². The van der Waals surface area contributed by atoms with Gasteiger partial charge in [-0.25, -0.2) is 4.79 Å². The molecule has 0 aromatic heterocycles. The molecule has 4 heteroatoms. The Morgan fingerprint density at radius 1 is 0.774 bits per heavy atom. The van der Waals surface area contributed by atoms with Crippen LogP contribution < -0.4 is 5.32 Å². The zero-order valence-electron chi connectivity index (χ0n) is 17.9. The summed E-state index contributed by atoms with van der Waals surface area (Å²) in [6.07, 6.45) is 4.25. The van der Waals surface area contributed by atoms with E-state index in [1.807, 2.05) is 60.7 Å². The van der Waals surface area contributed by atoms with E-state index < -0.39 is 5.92 Å². The molecule has 0 fully saturated rings. The quantitative estimate of drug-likeness (QED) is 0.317. The molecule has 1 N–H and O–H groups in total. The van der Waals surface area contributed by atoms with E-state index in [9.17, 15) is 9.59 Å². The highest BCUT2D eigenvalue weighted by Crippen LogP contribution is 2.26. The lowest BCUT2D eigenvalue weighted by Gasteiger charge is -2.18. The van der Waals surface area contributed by atoms with Gasteiger partial charge in [0.05, 0.1) is 18.1 Å². The molecule has 0 aliphatic carbocycles. The number of nitrogens with one attached hydrogen (secondary N) is 1. The minimum Gasteiger partial charge on any atom is -0.462 e. The van der Waals surface area contributed by atoms with Gasteiger partial charge in [0, 0.05) is 5.69 Å². The lowest BCUT2D eigenvalue weighted by atomic mass is 9.90. The minimum absolute atomic E-state index is 0.122. The first-order chi connectivity index (χ1) is 15.2. The molecule has 3 aromatic carbocycles. The molecule has 0 spiro atoms. The molecule has 0 aliphatic rings. The van der Waals surface area contributed by atoms with E-state index in [4.69, 9.17) is 4.74 Å². The molecule has 160 valence electrons. The fourth-order valence-corrected chi connectivity index (χ4v) is 3.47. The van der Waals surface area contributed by atoms with Crippen LogP contribution in [0.2, 0.25) is 0 Å². The second-order valence-corrected chi connectivity index (χ2v) is 7.52. The van der Waals surface area contributed by atoms with E-state index in [1.54, 1.807) is 24.3 Å². The molecule has 3 aromatic rings. The van der Waals surface area contributed by atoms with E-state index >= 15 is 0 Å². The summed E-state index contributed by atoms with van der Waals surface area (Å²) >= 11 is 0. The van der Waals surface area contributed by atoms with Crippen molar-refractivity contribution < 1.29 is 14.3 Å². The molecular weight excluding hydrogens is 386 g/mol. The predicted molar refractivity (Wildman–Crippen MR) is 124 cm³/mol. The SMILES string of the molecule is CCCCCCOC(=O)c1ccc(NC(=O)C(c2ccccc2)c2ccccc2)cc1. The molecular formula is C27H29NO3. The second-order valence-electron chi connectivity index (χ2n) is 7.52. The summed E-state index contributed by atoms with van der Waals surface area (Å²) < 4.78 is 5.32. The number of rotatable bonds is 10. The molecule has 4 nitrogen and oxygen atoms in total. The van der Waals surface area contributed by atoms with Crippen LogP contribution in [0.1, 0.15) is 60.0 Å². The van der Waals surface area contributed by atoms with Crippen LogP contribution in [0.3, 0.4) is 0 Å². The van der Waals surface area contributed by atoms with Crippen LogP contribution in [-0.4, -0.2) is 18.5 Å². The summed E-state index contributed by atoms with van der Waals surface area (Å²) in [5.41, 5.74) is 2.97. The molecule has 3 rings (SSSR count). The van der Waals surface area contributed by atoms with Crippen molar-refractivity contribution in [2.75, 3.05) is 11.9 Å². The zero-order valence-corrected chi connectivity index (χ0v) is 17.9. The average Bonchev–Trinajstić information content (AvgIpc) is 2.81. The van der Waals surface area contributed by atoms with Crippen molar-refractivity contribution >= 4 is 17.6 Å². The van der Waals surface area contributed by atoms with Crippen LogP contribution in [0.4, 0.5) is 5.69 Å². The van der Waals surface area contributed by atoms with Gasteiger partial charge in [0.15, 0.2) is 0 Å². The zero-order chi connectivity index (χ0) is 21.9. The van der Waals surface area contributed by atoms with Crippen molar-refractivity contribution in [3.63, 3.8) is 0 Å². The molecule has 0 atom stereocenters. The summed E-state index contributed by atoms with van der Waals surface area (Å²) in [6.45, 7) is 2.58. The lowest BCUT2D eigenvalue weighted by Crippen LogP contribution is -2.22. The fourth-order valence-electron chi connectivity index (χ4n) is 3.47. The van der Waals surface area contributed by atoms with Crippen molar-refractivity contribution in [3.05, 3.63) is 102 Å². The monoisotopic (exact) mass is 415 g/mol. The summed E-state index contributed by atoms with van der Waals surface area (Å²) in [4.78, 5) is 25.3. The standard InChI is InChI=1S/C27H29NO3/c1-2-3-4-11-20-31-27(30)23-16-18-24(19-17-23)28-26(29)25(21-12-7-5-8-13-21)22-14-9-6-10-15-22/h5-10,12-19,25H,2-4,11,20H2,1H3,(H,28,29). The highest BCUT2D eigenvalue weighted by molar-refractivity contribution is 5.98. The normalized spacial score (nSPS) is 10.6. The number of amides is 1. The van der Waals surface area contributed by atoms with Gasteiger partial charge in [-0.2, -0.15) is 0 Å². The number of hydrogen-bond donors (Lipinski definition) is 1. The number of carbonyl (C=O) groups excluding carboxylic acids is 2. The van der Waals surface area contributed by atoms with Crippen molar-refractivity contribution in [2.24, 2.45) is 0 Å². The molecule has 31 heavy (non-hydrogen) atoms. The third-order valence-corrected chi connectivity index (χ3v) is 5.15. The number of unbranched alkanes of at least 4 members (excludes halogenated alkanes) is 3. The number of ether oxygens (including phenoxy) is 1. The van der Waals surface area contributed by atoms with Crippen molar-refractivity contribution in [1.29, 1.82) is 0 Å². The molecule has 0 aliphatic heterocycles. The first kappa shape index (κ1) is 22.3. The van der Waals surface area contributed by atoms with Crippen LogP contribution in [0.15, 0.2) is 84.9 Å². The van der Waals surface area contributed by atoms with Gasteiger partial charge >= 0.3 is 5.97 Å². The Morgan fingerprint density at radius 2 is 1.35 bits per heavy atom. The Morgan fingerprint density at radius 3 is 1.90 bits per heavy atom. The molecule has 0 saturated heterocycles. The summed E-state index contributed by atoms with van der Waals surface area (Å²) in [5.74, 6) is -0.875. The third kappa shape index (κ3) is 6.54. The Balaban J connectivity index is 1.65. The lowest BCUT2D eigenvalue weighted by molar-refractivity contribution is -0.116. The maximum atomic E-state index is 13.2. The Kier molecular flexibility index (Phi) is 8.41. The van der Waals surface area contributed by atoms with Crippen LogP contribution in [-0.2, 0) is 9.53 Å². The van der Waals surface area contributed by atoms with E-state index in [1.165, 1.54) is 0 Å². The third-order valence-electron chi connectivity index (χ3n) is 5.15. The Labute approximate surface area is 184 Å². The molecule has 0 unspecified atom stereocenters. The van der Waals surface area contributed by atoms with Crippen molar-refractivity contribution in [1.82, 2.24) is 0 Å². The summed E-state index contributed by atoms with van der Waals surface area (Å²) in [5, 5.41) is 2.98. The fraction of sp³-hybridized carbons (Fsp3) is 0.259. The van der Waals surface area contributed by atoms with Crippen molar-refractivity contribution in [3.8, 4) is 0 Å². The number of carbonyl (C=O) groups is 2. The van der Waals surface area contributed by atoms with Gasteiger partial charge in [0.25, 0.3) is 0 Å². The van der Waals surface area contributed by atoms with Crippen LogP contribution >= 0.6 is 0 Å². The number of anilines is 1. The highest BCUT2D eigenvalue weighted by Gasteiger charge is 2.22. The highest BCUT2D eigenvalue weighted by atomic mass is 16.5. The van der Waals surface area contributed by atoms with E-state index in [2.05, 4.69) is 12.2 Å². The number of benzene rings is 3. The predicted octanol–water partition coefficient (Wildman–Crippen LogP) is 6.19. The van der Waals surface area contributed by atoms with Gasteiger partial charge < -0.3 is 10.1 Å². The second kappa shape index (κ2) is 11.7. The molecule has 0 heterocycles. The van der Waals surface area contributed by atoms with Gasteiger partial charge in [-0.15, -0.1) is 0 Å². The van der Waals surface area contributed by atoms with Crippen LogP contribution in [0.5, 0.6) is 0 Å². The van der Waals surface area contributed by atoms with E-state index in [0.29, 0.717) is 17.9 Å². The van der Waals surface area contributed by atoms with E-state index in [0.717, 1.165) is 36.8 Å². The van der Waals surface area contributed by atoms with Gasteiger partial charge in [-0.1, -0.05) is 86.8 Å². The molecule has 0 bridgehead atoms. The topological polar surface area (TPSA) is 55.4 Å². The average molecular weight is 416 g/mol. The van der Waals surface area contributed by atoms with Crippen molar-refractivity contribution in [2.45, 2.75) is 38.5 Å². The molecule has 0 saturated carbocycles. The van der Waals surface area contributed by atoms with Gasteiger partial charge in [-0.3, -0.25) is 4.79 Å². The Hall–Kier alpha value is -3.40. The first-order valence-electron chi connectivity index (χ1n) is 10.9. The summed E-state index contributed by atoms with van der Waals surface area (Å²) in [6, 6.07) is 26.3. The first-order valence-corrected chi connectivity index (χ1v) is 10.9. The molecule has 0 radical (unpaired) electrons. The minimum atomic E-state index is -0.421. The number of hydrogen-bond acceptors (Lipinski definition) is 3. The van der Waals surface area contributed by atoms with E-state index in [-0.39, 0.29) is 11.9 Å². The smallest absolute Gasteiger partial charge is 0.338 e. The Bertz CT molecular complexity index is 913. The maximum absolute atomic E-state index is 13.2. The maximum Gasteiger partial charge on any atom is 0.338 e. The van der Waals surface area contributed by atoms with Gasteiger partial charge in [0.2, 0.25) is 5.91 Å². The summed E-state index contributed by atoms with van der Waals surface area (Å²) in [7, 11) is 0. The van der Waals surface area contributed by atoms with Gasteiger partial charge in [-0.05, 0) is 41.8 Å². The molecule has 1 amide bonds. The van der Waals surface area contributed by atoms with Gasteiger partial charge in [0.1, 0.15) is 0 Å². The largest absolute Gasteiger partial charge is 0.462 e.